The van der Waals surface area contributed by atoms with Crippen LogP contribution in [0.3, 0.4) is 0 Å². The molecule has 0 aromatic heterocycles. The van der Waals surface area contributed by atoms with Gasteiger partial charge in [0.05, 0.1) is 17.1 Å². The Kier molecular flexibility index (Phi) is 13.0. The molecule has 92 heavy (non-hydrogen) atoms. The molecule has 14 aromatic rings. The van der Waals surface area contributed by atoms with E-state index in [1.54, 1.807) is 0 Å². The third-order valence-corrected chi connectivity index (χ3v) is 19.9. The maximum Gasteiger partial charge on any atom is 0.252 e. The fourth-order valence-corrected chi connectivity index (χ4v) is 16.2. The molecule has 0 atom stereocenters. The summed E-state index contributed by atoms with van der Waals surface area (Å²) in [7, 11) is 0. The Labute approximate surface area is 542 Å². The van der Waals surface area contributed by atoms with Gasteiger partial charge in [0.1, 0.15) is 0 Å². The predicted molar refractivity (Wildman–Crippen MR) is 391 cm³/mol. The van der Waals surface area contributed by atoms with Crippen molar-refractivity contribution in [2.24, 2.45) is 0 Å². The average Bonchev–Trinajstić information content (AvgIpc) is 0.677. The van der Waals surface area contributed by atoms with E-state index in [2.05, 4.69) is 370 Å². The number of rotatable bonds is 11. The number of nitrogens with zero attached hydrogens (tertiary/aromatic N) is 5. The summed E-state index contributed by atoms with van der Waals surface area (Å²) >= 11 is 1.89. The summed E-state index contributed by atoms with van der Waals surface area (Å²) in [5, 5.41) is 0. The van der Waals surface area contributed by atoms with Gasteiger partial charge in [-0.1, -0.05) is 248 Å². The Morgan fingerprint density at radius 2 is 0.652 bits per heavy atom. The van der Waals surface area contributed by atoms with Gasteiger partial charge in [-0.3, -0.25) is 0 Å². The predicted octanol–water partition coefficient (Wildman–Crippen LogP) is 18.8. The first kappa shape index (κ1) is 53.6. The number of anilines is 15. The molecule has 4 aliphatic heterocycles. The molecule has 0 bridgehead atoms. The van der Waals surface area contributed by atoms with Crippen molar-refractivity contribution >= 4 is 143 Å². The minimum absolute atomic E-state index is 0.105. The first-order chi connectivity index (χ1) is 45.7. The molecule has 0 unspecified atom stereocenters. The van der Waals surface area contributed by atoms with E-state index in [0.717, 1.165) is 108 Å². The third-order valence-electron chi connectivity index (χ3n) is 18.8. The van der Waals surface area contributed by atoms with Gasteiger partial charge in [0.2, 0.25) is 6.71 Å². The minimum atomic E-state index is -0.168. The molecule has 18 rings (SSSR count). The molecule has 0 aliphatic carbocycles. The molecule has 0 radical (unpaired) electrons. The monoisotopic (exact) mass is 1190 g/mol. The van der Waals surface area contributed by atoms with Crippen LogP contribution in [-0.2, 0) is 0 Å². The number of benzene rings is 14. The maximum absolute atomic E-state index is 2.64. The van der Waals surface area contributed by atoms with Gasteiger partial charge in [0.25, 0.3) is 6.71 Å². The number of fused-ring (bicyclic) bond motifs is 8. The van der Waals surface area contributed by atoms with Crippen molar-refractivity contribution in [2.75, 3.05) is 24.5 Å². The molecule has 14 aromatic carbocycles. The van der Waals surface area contributed by atoms with Gasteiger partial charge < -0.3 is 24.5 Å². The SMILES string of the molecule is c1ccc(-c2ccccc2N(c2ccccc2)c2cc3c4c(c2)N(c2ccccc2)c2cc5c(cc2B4c2ccccc2S3)B2c3ccccc3N(c3ccccc3)c3cc(N(c4ccccc4)c4ccccc4)cc(c32)N5c2ccccc2-c2ccccc2)cc1. The first-order valence-electron chi connectivity index (χ1n) is 31.6. The highest BCUT2D eigenvalue weighted by Gasteiger charge is 2.48. The Hall–Kier alpha value is -11.4. The van der Waals surface area contributed by atoms with E-state index < -0.39 is 0 Å². The zero-order chi connectivity index (χ0) is 60.6. The Morgan fingerprint density at radius 1 is 0.239 bits per heavy atom. The molecule has 430 valence electrons. The second-order valence-corrected chi connectivity index (χ2v) is 25.0. The Balaban J connectivity index is 0.959. The molecule has 0 spiro atoms. The van der Waals surface area contributed by atoms with Crippen molar-refractivity contribution in [3.05, 3.63) is 346 Å². The molecule has 4 heterocycles. The summed E-state index contributed by atoms with van der Waals surface area (Å²) in [4.78, 5) is 15.2. The average molecular weight is 1190 g/mol. The first-order valence-corrected chi connectivity index (χ1v) is 32.5. The van der Waals surface area contributed by atoms with Crippen molar-refractivity contribution in [3.8, 4) is 22.3 Å². The molecule has 0 saturated carbocycles. The van der Waals surface area contributed by atoms with Gasteiger partial charge in [-0.25, -0.2) is 0 Å². The fourth-order valence-electron chi connectivity index (χ4n) is 15.0. The van der Waals surface area contributed by atoms with Crippen molar-refractivity contribution in [2.45, 2.75) is 9.79 Å². The van der Waals surface area contributed by atoms with Gasteiger partial charge >= 0.3 is 0 Å². The lowest BCUT2D eigenvalue weighted by atomic mass is 9.30. The van der Waals surface area contributed by atoms with E-state index in [9.17, 15) is 0 Å². The maximum atomic E-state index is 2.64. The summed E-state index contributed by atoms with van der Waals surface area (Å²) in [5.41, 5.74) is 28.9. The molecule has 4 aliphatic rings. The van der Waals surface area contributed by atoms with E-state index in [1.165, 1.54) is 42.6 Å². The summed E-state index contributed by atoms with van der Waals surface area (Å²) in [5.74, 6) is 0. The number of hydrogen-bond donors (Lipinski definition) is 0. The van der Waals surface area contributed by atoms with E-state index >= 15 is 0 Å². The lowest BCUT2D eigenvalue weighted by molar-refractivity contribution is 1.21. The molecular weight excluding hydrogens is 1130 g/mol. The van der Waals surface area contributed by atoms with Crippen molar-refractivity contribution in [1.82, 2.24) is 0 Å². The summed E-state index contributed by atoms with van der Waals surface area (Å²) in [6.07, 6.45) is 0. The lowest BCUT2D eigenvalue weighted by Gasteiger charge is -2.47. The van der Waals surface area contributed by atoms with Crippen LogP contribution < -0.4 is 57.3 Å². The quantitative estimate of drug-likeness (QED) is 0.119. The summed E-state index contributed by atoms with van der Waals surface area (Å²) < 4.78 is 0. The molecular formula is C84H57B2N5S. The Morgan fingerprint density at radius 3 is 1.26 bits per heavy atom. The summed E-state index contributed by atoms with van der Waals surface area (Å²) in [6, 6.07) is 128. The normalized spacial score (nSPS) is 12.8. The van der Waals surface area contributed by atoms with Crippen molar-refractivity contribution < 1.29 is 0 Å². The van der Waals surface area contributed by atoms with Gasteiger partial charge in [0, 0.05) is 89.2 Å². The van der Waals surface area contributed by atoms with E-state index in [0.29, 0.717) is 0 Å². The third kappa shape index (κ3) is 8.74. The zero-order valence-electron chi connectivity index (χ0n) is 50.2. The van der Waals surface area contributed by atoms with E-state index in [4.69, 9.17) is 0 Å². The molecule has 8 heteroatoms. The topological polar surface area (TPSA) is 16.2 Å². The van der Waals surface area contributed by atoms with E-state index in [1.807, 2.05) is 11.8 Å². The van der Waals surface area contributed by atoms with Crippen LogP contribution in [0.25, 0.3) is 22.3 Å². The van der Waals surface area contributed by atoms with Crippen molar-refractivity contribution in [3.63, 3.8) is 0 Å². The summed E-state index contributed by atoms with van der Waals surface area (Å²) in [6.45, 7) is -0.273. The molecule has 0 saturated heterocycles. The molecule has 0 fully saturated rings. The smallest absolute Gasteiger partial charge is 0.252 e. The fraction of sp³-hybridized carbons (Fsp3) is 0. The Bertz CT molecular complexity index is 5080. The second kappa shape index (κ2) is 22.2. The molecule has 5 nitrogen and oxygen atoms in total. The van der Waals surface area contributed by atoms with E-state index in [-0.39, 0.29) is 13.4 Å². The van der Waals surface area contributed by atoms with Gasteiger partial charge in [0.15, 0.2) is 0 Å². The van der Waals surface area contributed by atoms with Crippen LogP contribution in [0.4, 0.5) is 85.3 Å². The second-order valence-electron chi connectivity index (χ2n) is 23.9. The van der Waals surface area contributed by atoms with Gasteiger partial charge in [-0.15, -0.1) is 0 Å². The van der Waals surface area contributed by atoms with Gasteiger partial charge in [-0.2, -0.15) is 0 Å². The highest BCUT2D eigenvalue weighted by molar-refractivity contribution is 8.00. The molecule has 0 N–H and O–H groups in total. The number of hydrogen-bond acceptors (Lipinski definition) is 6. The lowest BCUT2D eigenvalue weighted by Crippen LogP contribution is -2.64. The number of para-hydroxylation sites is 8. The van der Waals surface area contributed by atoms with Crippen LogP contribution >= 0.6 is 11.8 Å². The van der Waals surface area contributed by atoms with Crippen LogP contribution in [0.2, 0.25) is 0 Å². The van der Waals surface area contributed by atoms with Crippen molar-refractivity contribution in [1.29, 1.82) is 0 Å². The van der Waals surface area contributed by atoms with Gasteiger partial charge in [-0.05, 0) is 154 Å². The van der Waals surface area contributed by atoms with Crippen LogP contribution in [0, 0.1) is 0 Å². The molecule has 0 amide bonds. The van der Waals surface area contributed by atoms with Crippen LogP contribution in [0.1, 0.15) is 0 Å². The van der Waals surface area contributed by atoms with Crippen LogP contribution in [0.15, 0.2) is 356 Å². The van der Waals surface area contributed by atoms with Crippen LogP contribution in [0.5, 0.6) is 0 Å². The minimum Gasteiger partial charge on any atom is -0.311 e. The van der Waals surface area contributed by atoms with Crippen LogP contribution in [-0.4, -0.2) is 13.4 Å². The highest BCUT2D eigenvalue weighted by Crippen LogP contribution is 2.53. The zero-order valence-corrected chi connectivity index (χ0v) is 51.0. The standard InChI is InChI=1S/C84H57B2N5S/c1-8-30-58(31-9-1)67-44-22-26-48-73(67)88(62-38-16-5-17-39-62)66-54-80-84-82(55-66)92-81-51-29-25-47-70(81)86(84)71-56-72-77(57-76(71)90(80)64-42-20-7-21-43-64)91(74-49-27-23-45-68(74)59-32-10-2-11-33-59)79-53-65(87(60-34-12-3-13-35-60)61-36-14-4-15-37-61)52-78-83(79)85(72)69-46-24-28-50-75(69)89(78)63-40-18-6-19-41-63/h1-57H. The highest BCUT2D eigenvalue weighted by atomic mass is 32.2. The largest absolute Gasteiger partial charge is 0.311 e.